The van der Waals surface area contributed by atoms with Crippen LogP contribution in [0.2, 0.25) is 0 Å². The van der Waals surface area contributed by atoms with E-state index in [4.69, 9.17) is 17.0 Å². The monoisotopic (exact) mass is 342 g/mol. The zero-order chi connectivity index (χ0) is 17.5. The number of thiocarbonyl (C=S) groups is 1. The van der Waals surface area contributed by atoms with Gasteiger partial charge in [0.1, 0.15) is 5.75 Å². The molecule has 0 radical (unpaired) electrons. The molecule has 4 heteroatoms. The Morgan fingerprint density at radius 3 is 2.50 bits per heavy atom. The molecule has 24 heavy (non-hydrogen) atoms. The van der Waals surface area contributed by atoms with Crippen molar-refractivity contribution < 1.29 is 4.74 Å². The van der Waals surface area contributed by atoms with Crippen LogP contribution in [0.4, 0.5) is 5.69 Å². The minimum absolute atomic E-state index is 0.521. The molecule has 0 fully saturated rings. The lowest BCUT2D eigenvalue weighted by atomic mass is 10.1. The number of ether oxygens (including phenoxy) is 1. The van der Waals surface area contributed by atoms with Crippen molar-refractivity contribution in [3.8, 4) is 5.75 Å². The molecule has 0 aliphatic carbocycles. The van der Waals surface area contributed by atoms with E-state index in [1.165, 1.54) is 11.1 Å². The van der Waals surface area contributed by atoms with Crippen LogP contribution in [0.25, 0.3) is 0 Å². The molecule has 3 nitrogen and oxygen atoms in total. The topological polar surface area (TPSA) is 24.5 Å². The first kappa shape index (κ1) is 18.3. The lowest BCUT2D eigenvalue weighted by Crippen LogP contribution is -2.37. The van der Waals surface area contributed by atoms with Crippen molar-refractivity contribution in [1.29, 1.82) is 0 Å². The number of methoxy groups -OCH3 is 1. The number of hydrogen-bond donors (Lipinski definition) is 1. The Hall–Kier alpha value is -2.07. The van der Waals surface area contributed by atoms with E-state index in [1.807, 2.05) is 18.2 Å². The summed E-state index contributed by atoms with van der Waals surface area (Å²) in [7, 11) is 1.68. The molecule has 0 bridgehead atoms. The van der Waals surface area contributed by atoms with Gasteiger partial charge in [-0.2, -0.15) is 0 Å². The van der Waals surface area contributed by atoms with Crippen LogP contribution in [0.3, 0.4) is 0 Å². The van der Waals surface area contributed by atoms with Gasteiger partial charge in [-0.1, -0.05) is 50.2 Å². The normalized spacial score (nSPS) is 10.5. The van der Waals surface area contributed by atoms with E-state index in [0.717, 1.165) is 29.6 Å². The van der Waals surface area contributed by atoms with Crippen molar-refractivity contribution in [3.63, 3.8) is 0 Å². The van der Waals surface area contributed by atoms with Crippen LogP contribution < -0.4 is 10.1 Å². The number of aryl methyl sites for hydroxylation is 1. The van der Waals surface area contributed by atoms with Crippen molar-refractivity contribution in [2.45, 2.75) is 27.3 Å². The van der Waals surface area contributed by atoms with Crippen LogP contribution in [0.1, 0.15) is 25.0 Å². The highest BCUT2D eigenvalue weighted by molar-refractivity contribution is 7.80. The molecule has 128 valence electrons. The van der Waals surface area contributed by atoms with Gasteiger partial charge in [0.05, 0.1) is 12.8 Å². The summed E-state index contributed by atoms with van der Waals surface area (Å²) >= 11 is 5.69. The van der Waals surface area contributed by atoms with Crippen LogP contribution in [-0.2, 0) is 6.54 Å². The summed E-state index contributed by atoms with van der Waals surface area (Å²) in [6.07, 6.45) is 0. The molecular formula is C20H26N2OS. The van der Waals surface area contributed by atoms with Crippen LogP contribution in [0.5, 0.6) is 5.75 Å². The average Bonchev–Trinajstić information content (AvgIpc) is 2.55. The molecule has 2 rings (SSSR count). The van der Waals surface area contributed by atoms with Gasteiger partial charge in [-0.05, 0) is 48.3 Å². The maximum atomic E-state index is 5.69. The van der Waals surface area contributed by atoms with Gasteiger partial charge in [0.25, 0.3) is 0 Å². The Kier molecular flexibility index (Phi) is 6.62. The molecule has 0 unspecified atom stereocenters. The summed E-state index contributed by atoms with van der Waals surface area (Å²) in [5.41, 5.74) is 3.32. The second kappa shape index (κ2) is 8.69. The highest BCUT2D eigenvalue weighted by Crippen LogP contribution is 2.26. The fourth-order valence-corrected chi connectivity index (χ4v) is 2.83. The van der Waals surface area contributed by atoms with Gasteiger partial charge in [-0.3, -0.25) is 0 Å². The van der Waals surface area contributed by atoms with Crippen molar-refractivity contribution >= 4 is 23.0 Å². The van der Waals surface area contributed by atoms with E-state index >= 15 is 0 Å². The first-order chi connectivity index (χ1) is 11.5. The van der Waals surface area contributed by atoms with E-state index < -0.39 is 0 Å². The van der Waals surface area contributed by atoms with Crippen LogP contribution >= 0.6 is 12.2 Å². The Balaban J connectivity index is 2.17. The number of rotatable bonds is 6. The highest BCUT2D eigenvalue weighted by atomic mass is 32.1. The predicted molar refractivity (Wildman–Crippen MR) is 106 cm³/mol. The van der Waals surface area contributed by atoms with Gasteiger partial charge in [-0.25, -0.2) is 0 Å². The minimum Gasteiger partial charge on any atom is -0.495 e. The molecular weight excluding hydrogens is 316 g/mol. The fraction of sp³-hybridized carbons (Fsp3) is 0.350. The zero-order valence-corrected chi connectivity index (χ0v) is 15.7. The Labute approximate surface area is 150 Å². The second-order valence-electron chi connectivity index (χ2n) is 6.39. The van der Waals surface area contributed by atoms with E-state index in [0.29, 0.717) is 5.92 Å². The quantitative estimate of drug-likeness (QED) is 0.758. The summed E-state index contributed by atoms with van der Waals surface area (Å²) in [5, 5.41) is 4.08. The first-order valence-corrected chi connectivity index (χ1v) is 8.65. The van der Waals surface area contributed by atoms with E-state index in [2.05, 4.69) is 61.3 Å². The maximum absolute atomic E-state index is 5.69. The number of anilines is 1. The SMILES string of the molecule is COc1ccc(C)cc1NC(=S)N(Cc1ccccc1)CC(C)C. The molecule has 0 saturated heterocycles. The third-order valence-corrected chi connectivity index (χ3v) is 4.05. The van der Waals surface area contributed by atoms with Crippen LogP contribution in [0.15, 0.2) is 48.5 Å². The van der Waals surface area contributed by atoms with Crippen molar-refractivity contribution in [2.75, 3.05) is 19.0 Å². The van der Waals surface area contributed by atoms with Gasteiger partial charge in [-0.15, -0.1) is 0 Å². The third-order valence-electron chi connectivity index (χ3n) is 3.69. The minimum atomic E-state index is 0.521. The molecule has 0 aromatic heterocycles. The molecule has 0 aliphatic heterocycles. The average molecular weight is 343 g/mol. The second-order valence-corrected chi connectivity index (χ2v) is 6.78. The smallest absolute Gasteiger partial charge is 0.173 e. The van der Waals surface area contributed by atoms with Crippen LogP contribution in [0, 0.1) is 12.8 Å². The fourth-order valence-electron chi connectivity index (χ4n) is 2.58. The van der Waals surface area contributed by atoms with E-state index in [9.17, 15) is 0 Å². The Morgan fingerprint density at radius 2 is 1.88 bits per heavy atom. The molecule has 2 aromatic carbocycles. The number of hydrogen-bond acceptors (Lipinski definition) is 2. The summed E-state index contributed by atoms with van der Waals surface area (Å²) in [6, 6.07) is 16.5. The zero-order valence-electron chi connectivity index (χ0n) is 14.9. The molecule has 0 atom stereocenters. The molecule has 0 spiro atoms. The number of nitrogens with zero attached hydrogens (tertiary/aromatic N) is 1. The highest BCUT2D eigenvalue weighted by Gasteiger charge is 2.14. The van der Waals surface area contributed by atoms with Gasteiger partial charge in [0.2, 0.25) is 0 Å². The Bertz CT molecular complexity index is 671. The van der Waals surface area contributed by atoms with E-state index in [-0.39, 0.29) is 0 Å². The molecule has 0 amide bonds. The summed E-state index contributed by atoms with van der Waals surface area (Å²) in [6.45, 7) is 8.15. The lowest BCUT2D eigenvalue weighted by molar-refractivity contribution is 0.364. The lowest BCUT2D eigenvalue weighted by Gasteiger charge is -2.28. The van der Waals surface area contributed by atoms with Crippen molar-refractivity contribution in [3.05, 3.63) is 59.7 Å². The number of benzene rings is 2. The van der Waals surface area contributed by atoms with Crippen molar-refractivity contribution in [2.24, 2.45) is 5.92 Å². The van der Waals surface area contributed by atoms with Crippen LogP contribution in [-0.4, -0.2) is 23.7 Å². The third kappa shape index (κ3) is 5.24. The van der Waals surface area contributed by atoms with Gasteiger partial charge >= 0.3 is 0 Å². The maximum Gasteiger partial charge on any atom is 0.173 e. The molecule has 0 heterocycles. The molecule has 1 N–H and O–H groups in total. The van der Waals surface area contributed by atoms with E-state index in [1.54, 1.807) is 7.11 Å². The summed E-state index contributed by atoms with van der Waals surface area (Å²) < 4.78 is 5.44. The first-order valence-electron chi connectivity index (χ1n) is 8.24. The molecule has 2 aromatic rings. The van der Waals surface area contributed by atoms with Gasteiger partial charge in [0, 0.05) is 13.1 Å². The standard InChI is InChI=1S/C20H26N2OS/c1-15(2)13-22(14-17-8-6-5-7-9-17)20(24)21-18-12-16(3)10-11-19(18)23-4/h5-12,15H,13-14H2,1-4H3,(H,21,24). The Morgan fingerprint density at radius 1 is 1.17 bits per heavy atom. The van der Waals surface area contributed by atoms with Crippen molar-refractivity contribution in [1.82, 2.24) is 4.90 Å². The van der Waals surface area contributed by atoms with Gasteiger partial charge in [0.15, 0.2) is 5.11 Å². The van der Waals surface area contributed by atoms with Gasteiger partial charge < -0.3 is 15.0 Å². The number of nitrogens with one attached hydrogen (secondary N) is 1. The summed E-state index contributed by atoms with van der Waals surface area (Å²) in [4.78, 5) is 2.21. The predicted octanol–water partition coefficient (Wildman–Crippen LogP) is 4.86. The largest absolute Gasteiger partial charge is 0.495 e. The summed E-state index contributed by atoms with van der Waals surface area (Å²) in [5.74, 6) is 1.32. The molecule has 0 aliphatic rings. The molecule has 0 saturated carbocycles.